The number of carboxylic acids is 1. The van der Waals surface area contributed by atoms with Crippen LogP contribution in [0.1, 0.15) is 15.9 Å². The van der Waals surface area contributed by atoms with Crippen LogP contribution in [-0.2, 0) is 11.3 Å². The largest absolute Gasteiger partial charge is 0.478 e. The van der Waals surface area contributed by atoms with Crippen molar-refractivity contribution in [2.75, 3.05) is 26.8 Å². The van der Waals surface area contributed by atoms with E-state index in [2.05, 4.69) is 5.32 Å². The molecule has 1 rings (SSSR count). The number of rotatable bonds is 8. The van der Waals surface area contributed by atoms with Crippen molar-refractivity contribution in [3.63, 3.8) is 0 Å². The molecule has 22 heavy (non-hydrogen) atoms. The predicted molar refractivity (Wildman–Crippen MR) is 75.1 cm³/mol. The van der Waals surface area contributed by atoms with Gasteiger partial charge in [-0.2, -0.15) is 0 Å². The summed E-state index contributed by atoms with van der Waals surface area (Å²) in [5, 5.41) is 11.3. The standard InChI is InChI=1S/C14H18F2N2O4/c1-22-7-6-18(9-12(15)16)14(21)17-8-10-2-4-11(5-3-10)13(19)20/h2-5,12H,6-9H2,1H3,(H,17,21)(H,19,20). The van der Waals surface area contributed by atoms with Gasteiger partial charge in [0.1, 0.15) is 0 Å². The van der Waals surface area contributed by atoms with E-state index in [1.165, 1.54) is 19.2 Å². The molecule has 0 aliphatic heterocycles. The number of nitrogens with zero attached hydrogens (tertiary/aromatic N) is 1. The lowest BCUT2D eigenvalue weighted by Gasteiger charge is -2.22. The number of carbonyl (C=O) groups excluding carboxylic acids is 1. The van der Waals surface area contributed by atoms with Crippen molar-refractivity contribution in [2.24, 2.45) is 0 Å². The van der Waals surface area contributed by atoms with Gasteiger partial charge in [0.05, 0.1) is 18.7 Å². The van der Waals surface area contributed by atoms with Crippen molar-refractivity contribution in [3.05, 3.63) is 35.4 Å². The Hall–Kier alpha value is -2.22. The van der Waals surface area contributed by atoms with Crippen LogP contribution in [0.25, 0.3) is 0 Å². The maximum Gasteiger partial charge on any atom is 0.335 e. The minimum atomic E-state index is -2.63. The van der Waals surface area contributed by atoms with Crippen LogP contribution in [0.2, 0.25) is 0 Å². The number of ether oxygens (including phenoxy) is 1. The zero-order chi connectivity index (χ0) is 16.5. The highest BCUT2D eigenvalue weighted by Crippen LogP contribution is 2.05. The molecule has 122 valence electrons. The minimum Gasteiger partial charge on any atom is -0.478 e. The smallest absolute Gasteiger partial charge is 0.335 e. The molecular formula is C14H18F2N2O4. The van der Waals surface area contributed by atoms with E-state index in [0.717, 1.165) is 4.90 Å². The maximum atomic E-state index is 12.4. The second-order valence-electron chi connectivity index (χ2n) is 4.49. The lowest BCUT2D eigenvalue weighted by atomic mass is 10.1. The van der Waals surface area contributed by atoms with Gasteiger partial charge in [-0.15, -0.1) is 0 Å². The Labute approximate surface area is 126 Å². The van der Waals surface area contributed by atoms with Gasteiger partial charge in [0, 0.05) is 20.2 Å². The van der Waals surface area contributed by atoms with Crippen LogP contribution in [0, 0.1) is 0 Å². The van der Waals surface area contributed by atoms with E-state index in [9.17, 15) is 18.4 Å². The number of urea groups is 1. The zero-order valence-electron chi connectivity index (χ0n) is 12.1. The maximum absolute atomic E-state index is 12.4. The molecule has 0 spiro atoms. The first-order valence-corrected chi connectivity index (χ1v) is 6.56. The molecule has 2 N–H and O–H groups in total. The fraction of sp³-hybridized carbons (Fsp3) is 0.429. The van der Waals surface area contributed by atoms with E-state index in [4.69, 9.17) is 9.84 Å². The minimum absolute atomic E-state index is 0.0601. The summed E-state index contributed by atoms with van der Waals surface area (Å²) >= 11 is 0. The average molecular weight is 316 g/mol. The molecule has 1 aromatic carbocycles. The Morgan fingerprint density at radius 3 is 2.45 bits per heavy atom. The van der Waals surface area contributed by atoms with Crippen LogP contribution < -0.4 is 5.32 Å². The fourth-order valence-corrected chi connectivity index (χ4v) is 1.70. The number of halogens is 2. The lowest BCUT2D eigenvalue weighted by Crippen LogP contribution is -2.43. The number of carboxylic acid groups (broad SMARTS) is 1. The Bertz CT molecular complexity index is 494. The first-order valence-electron chi connectivity index (χ1n) is 6.56. The van der Waals surface area contributed by atoms with Gasteiger partial charge in [0.2, 0.25) is 0 Å². The van der Waals surface area contributed by atoms with Gasteiger partial charge in [-0.25, -0.2) is 18.4 Å². The molecule has 0 atom stereocenters. The number of hydrogen-bond donors (Lipinski definition) is 2. The van der Waals surface area contributed by atoms with Gasteiger partial charge in [0.15, 0.2) is 0 Å². The molecule has 0 aliphatic carbocycles. The van der Waals surface area contributed by atoms with Crippen LogP contribution in [0.5, 0.6) is 0 Å². The Balaban J connectivity index is 2.55. The van der Waals surface area contributed by atoms with Gasteiger partial charge in [0.25, 0.3) is 6.43 Å². The molecule has 8 heteroatoms. The number of nitrogens with one attached hydrogen (secondary N) is 1. The van der Waals surface area contributed by atoms with E-state index >= 15 is 0 Å². The molecule has 0 heterocycles. The molecule has 2 amide bonds. The molecular weight excluding hydrogens is 298 g/mol. The fourth-order valence-electron chi connectivity index (χ4n) is 1.70. The number of amides is 2. The molecule has 1 aromatic rings. The number of carbonyl (C=O) groups is 2. The first kappa shape index (κ1) is 17.8. The summed E-state index contributed by atoms with van der Waals surface area (Å²) in [7, 11) is 1.42. The highest BCUT2D eigenvalue weighted by atomic mass is 19.3. The highest BCUT2D eigenvalue weighted by molar-refractivity contribution is 5.87. The normalized spacial score (nSPS) is 10.5. The quantitative estimate of drug-likeness (QED) is 0.766. The van der Waals surface area contributed by atoms with Crippen molar-refractivity contribution in [3.8, 4) is 0 Å². The summed E-state index contributed by atoms with van der Waals surface area (Å²) in [6, 6.07) is 5.30. The SMILES string of the molecule is COCCN(CC(F)F)C(=O)NCc1ccc(C(=O)O)cc1. The topological polar surface area (TPSA) is 78.9 Å². The molecule has 0 saturated heterocycles. The van der Waals surface area contributed by atoms with E-state index in [1.54, 1.807) is 12.1 Å². The molecule has 0 aliphatic rings. The third-order valence-corrected chi connectivity index (χ3v) is 2.86. The van der Waals surface area contributed by atoms with Crippen LogP contribution in [0.3, 0.4) is 0 Å². The highest BCUT2D eigenvalue weighted by Gasteiger charge is 2.17. The third kappa shape index (κ3) is 6.04. The summed E-state index contributed by atoms with van der Waals surface area (Å²) in [6.07, 6.45) is -2.63. The molecule has 0 fully saturated rings. The van der Waals surface area contributed by atoms with Gasteiger partial charge >= 0.3 is 12.0 Å². The van der Waals surface area contributed by atoms with Gasteiger partial charge < -0.3 is 20.1 Å². The van der Waals surface area contributed by atoms with Crippen molar-refractivity contribution < 1.29 is 28.2 Å². The number of hydrogen-bond acceptors (Lipinski definition) is 3. The molecule has 0 bridgehead atoms. The predicted octanol–water partition coefficient (Wildman–Crippen LogP) is 1.81. The summed E-state index contributed by atoms with van der Waals surface area (Å²) in [5.74, 6) is -1.04. The lowest BCUT2D eigenvalue weighted by molar-refractivity contribution is 0.0696. The number of methoxy groups -OCH3 is 1. The van der Waals surface area contributed by atoms with Crippen LogP contribution >= 0.6 is 0 Å². The first-order chi connectivity index (χ1) is 10.4. The zero-order valence-corrected chi connectivity index (χ0v) is 12.1. The van der Waals surface area contributed by atoms with Gasteiger partial charge in [-0.05, 0) is 17.7 Å². The van der Waals surface area contributed by atoms with Gasteiger partial charge in [-0.1, -0.05) is 12.1 Å². The van der Waals surface area contributed by atoms with E-state index in [0.29, 0.717) is 5.56 Å². The van der Waals surface area contributed by atoms with Crippen molar-refractivity contribution in [1.29, 1.82) is 0 Å². The summed E-state index contributed by atoms with van der Waals surface area (Å²) in [5.41, 5.74) is 0.802. The molecule has 6 nitrogen and oxygen atoms in total. The summed E-state index contributed by atoms with van der Waals surface area (Å²) in [4.78, 5) is 23.5. The van der Waals surface area contributed by atoms with Crippen LogP contribution in [-0.4, -0.2) is 55.2 Å². The number of alkyl halides is 2. The second kappa shape index (κ2) is 8.93. The molecule has 0 saturated carbocycles. The van der Waals surface area contributed by atoms with Crippen LogP contribution in [0.15, 0.2) is 24.3 Å². The monoisotopic (exact) mass is 316 g/mol. The van der Waals surface area contributed by atoms with Gasteiger partial charge in [-0.3, -0.25) is 0 Å². The van der Waals surface area contributed by atoms with Crippen molar-refractivity contribution in [1.82, 2.24) is 10.2 Å². The average Bonchev–Trinajstić information content (AvgIpc) is 2.49. The Morgan fingerprint density at radius 2 is 1.95 bits per heavy atom. The second-order valence-corrected chi connectivity index (χ2v) is 4.49. The molecule has 0 radical (unpaired) electrons. The molecule has 0 aromatic heterocycles. The molecule has 0 unspecified atom stereocenters. The third-order valence-electron chi connectivity index (χ3n) is 2.86. The number of benzene rings is 1. The Morgan fingerprint density at radius 1 is 1.32 bits per heavy atom. The van der Waals surface area contributed by atoms with E-state index < -0.39 is 25.0 Å². The van der Waals surface area contributed by atoms with Crippen molar-refractivity contribution >= 4 is 12.0 Å². The van der Waals surface area contributed by atoms with E-state index in [1.807, 2.05) is 0 Å². The summed E-state index contributed by atoms with van der Waals surface area (Å²) in [6.45, 7) is -0.337. The number of aromatic carboxylic acids is 1. The van der Waals surface area contributed by atoms with E-state index in [-0.39, 0.29) is 25.3 Å². The van der Waals surface area contributed by atoms with Crippen LogP contribution in [0.4, 0.5) is 13.6 Å². The Kier molecular flexibility index (Phi) is 7.24. The summed E-state index contributed by atoms with van der Waals surface area (Å²) < 4.78 is 29.7. The van der Waals surface area contributed by atoms with Crippen molar-refractivity contribution in [2.45, 2.75) is 13.0 Å².